The molecule has 0 aliphatic carbocycles. The zero-order valence-corrected chi connectivity index (χ0v) is 23.2. The Labute approximate surface area is 234 Å². The molecule has 0 aliphatic rings. The highest BCUT2D eigenvalue weighted by molar-refractivity contribution is 6.02. The molecule has 218 valence electrons. The molecule has 11 nitrogen and oxygen atoms in total. The van der Waals surface area contributed by atoms with Crippen LogP contribution in [0.15, 0.2) is 58.8 Å². The third kappa shape index (κ3) is 7.15. The molecular formula is C27H30F3N7O4. The van der Waals surface area contributed by atoms with Gasteiger partial charge in [0.05, 0.1) is 26.9 Å². The highest BCUT2D eigenvalue weighted by Crippen LogP contribution is 2.33. The van der Waals surface area contributed by atoms with Gasteiger partial charge in [-0.15, -0.1) is 0 Å². The summed E-state index contributed by atoms with van der Waals surface area (Å²) in [7, 11) is 4.38. The number of nitrogens with one attached hydrogen (secondary N) is 1. The second kappa shape index (κ2) is 12.9. The topological polar surface area (TPSA) is 141 Å². The number of ether oxygens (including phenoxy) is 3. The first kappa shape index (κ1) is 30.5. The number of anilines is 1. The van der Waals surface area contributed by atoms with Crippen LogP contribution < -0.4 is 25.3 Å². The maximum Gasteiger partial charge on any atom is 0.435 e. The van der Waals surface area contributed by atoms with Gasteiger partial charge in [0.1, 0.15) is 17.3 Å². The molecular weight excluding hydrogens is 543 g/mol. The second-order valence-corrected chi connectivity index (χ2v) is 8.51. The number of methoxy groups -OCH3 is 3. The van der Waals surface area contributed by atoms with Crippen molar-refractivity contribution in [3.05, 3.63) is 71.2 Å². The van der Waals surface area contributed by atoms with E-state index in [2.05, 4.69) is 25.5 Å². The number of hydrogen-bond donors (Lipinski definition) is 3. The molecule has 3 aromatic rings. The summed E-state index contributed by atoms with van der Waals surface area (Å²) in [5.74, 6) is 1.17. The fourth-order valence-electron chi connectivity index (χ4n) is 3.79. The Morgan fingerprint density at radius 1 is 1.07 bits per heavy atom. The molecule has 0 fully saturated rings. The average molecular weight is 574 g/mol. The number of pyridine rings is 1. The molecule has 0 saturated carbocycles. The summed E-state index contributed by atoms with van der Waals surface area (Å²) in [6, 6.07) is 7.54. The van der Waals surface area contributed by atoms with Gasteiger partial charge in [-0.05, 0) is 32.9 Å². The van der Waals surface area contributed by atoms with E-state index in [-0.39, 0.29) is 28.8 Å². The van der Waals surface area contributed by atoms with E-state index in [1.807, 2.05) is 0 Å². The number of alkyl halides is 3. The molecule has 2 aromatic heterocycles. The third-order valence-corrected chi connectivity index (χ3v) is 5.64. The van der Waals surface area contributed by atoms with Crippen LogP contribution in [0.3, 0.4) is 0 Å². The largest absolute Gasteiger partial charge is 0.497 e. The van der Waals surface area contributed by atoms with Crippen LogP contribution in [0.2, 0.25) is 0 Å². The smallest absolute Gasteiger partial charge is 0.435 e. The Balaban J connectivity index is 2.32. The lowest BCUT2D eigenvalue weighted by atomic mass is 10.0. The maximum atomic E-state index is 13.6. The molecule has 0 radical (unpaired) electrons. The summed E-state index contributed by atoms with van der Waals surface area (Å²) in [4.78, 5) is 8.89. The highest BCUT2D eigenvalue weighted by atomic mass is 19.4. The first-order valence-electron chi connectivity index (χ1n) is 12.0. The molecule has 1 aromatic carbocycles. The lowest BCUT2D eigenvalue weighted by molar-refractivity contribution is -0.141. The fourth-order valence-corrected chi connectivity index (χ4v) is 3.79. The Hall–Kier alpha value is -5.01. The van der Waals surface area contributed by atoms with Gasteiger partial charge in [-0.1, -0.05) is 17.3 Å². The van der Waals surface area contributed by atoms with Gasteiger partial charge in [0.2, 0.25) is 5.88 Å². The fraction of sp³-hybridized carbons (Fsp3) is 0.259. The molecule has 0 atom stereocenters. The molecule has 41 heavy (non-hydrogen) atoms. The van der Waals surface area contributed by atoms with Gasteiger partial charge in [-0.2, -0.15) is 18.3 Å². The van der Waals surface area contributed by atoms with Crippen LogP contribution in [-0.2, 0) is 6.18 Å². The van der Waals surface area contributed by atoms with Gasteiger partial charge in [0, 0.05) is 46.9 Å². The second-order valence-electron chi connectivity index (χ2n) is 8.51. The van der Waals surface area contributed by atoms with Crippen LogP contribution in [0, 0.1) is 6.92 Å². The normalized spacial score (nSPS) is 13.3. The summed E-state index contributed by atoms with van der Waals surface area (Å²) in [6.07, 6.45) is 0.0556. The molecule has 0 spiro atoms. The quantitative estimate of drug-likeness (QED) is 0.105. The Morgan fingerprint density at radius 2 is 1.73 bits per heavy atom. The molecule has 0 aliphatic heterocycles. The van der Waals surface area contributed by atoms with E-state index in [9.17, 15) is 18.4 Å². The van der Waals surface area contributed by atoms with Crippen LogP contribution >= 0.6 is 0 Å². The Bertz CT molecular complexity index is 1500. The molecule has 2 heterocycles. The molecule has 0 saturated heterocycles. The third-order valence-electron chi connectivity index (χ3n) is 5.64. The van der Waals surface area contributed by atoms with E-state index in [0.29, 0.717) is 34.2 Å². The first-order valence-corrected chi connectivity index (χ1v) is 12.0. The summed E-state index contributed by atoms with van der Waals surface area (Å²) in [6.45, 7) is 4.85. The number of oxime groups is 1. The van der Waals surface area contributed by atoms with E-state index < -0.39 is 11.9 Å². The molecule has 4 N–H and O–H groups in total. The zero-order chi connectivity index (χ0) is 30.3. The van der Waals surface area contributed by atoms with E-state index in [0.717, 1.165) is 10.7 Å². The van der Waals surface area contributed by atoms with Crippen molar-refractivity contribution in [2.45, 2.75) is 26.9 Å². The summed E-state index contributed by atoms with van der Waals surface area (Å²) >= 11 is 0. The van der Waals surface area contributed by atoms with Gasteiger partial charge in [-0.25, -0.2) is 14.7 Å². The van der Waals surface area contributed by atoms with Crippen molar-refractivity contribution >= 4 is 28.8 Å². The predicted molar refractivity (Wildman–Crippen MR) is 149 cm³/mol. The zero-order valence-electron chi connectivity index (χ0n) is 23.2. The number of aryl methyl sites for hydroxylation is 1. The number of aromatic nitrogens is 3. The molecule has 0 bridgehead atoms. The van der Waals surface area contributed by atoms with Gasteiger partial charge in [0.15, 0.2) is 17.4 Å². The van der Waals surface area contributed by atoms with E-state index in [1.54, 1.807) is 44.2 Å². The SMILES string of the molecule is CC=C/C(=C(\N=C(C)Nc1cc(OC)cc(OC)c1)n1nc(C(F)(F)F)cc1C)c1cnc(OC)c(/C(N)=N/O)c1. The number of nitrogens with zero attached hydrogens (tertiary/aromatic N) is 5. The maximum absolute atomic E-state index is 13.6. The summed E-state index contributed by atoms with van der Waals surface area (Å²) in [5.41, 5.74) is 6.35. The molecule has 0 amide bonds. The van der Waals surface area contributed by atoms with Crippen molar-refractivity contribution in [3.8, 4) is 17.4 Å². The molecule has 3 rings (SSSR count). The van der Waals surface area contributed by atoms with Crippen molar-refractivity contribution in [2.24, 2.45) is 15.9 Å². The average Bonchev–Trinajstić information content (AvgIpc) is 3.35. The van der Waals surface area contributed by atoms with Crippen LogP contribution in [0.1, 0.15) is 36.4 Å². The number of allylic oxidation sites excluding steroid dienone is 3. The number of rotatable bonds is 9. The van der Waals surface area contributed by atoms with Crippen molar-refractivity contribution in [1.82, 2.24) is 14.8 Å². The minimum absolute atomic E-state index is 0.0355. The van der Waals surface area contributed by atoms with Gasteiger partial charge in [0.25, 0.3) is 0 Å². The first-order chi connectivity index (χ1) is 19.4. The standard InChI is InChI=1S/C27H30F3N7O4/c1-7-8-21(17-10-22(24(31)36-38)26(41-6)32-14-17)25(37-15(2)9-23(35-37)27(28,29)30)34-16(3)33-18-11-19(39-4)13-20(12-18)40-5/h7-14,38H,1-6H3,(H2,31,36)(H,33,34)/b8-7?,25-21-. The number of benzene rings is 1. The van der Waals surface area contributed by atoms with Crippen molar-refractivity contribution < 1.29 is 32.6 Å². The molecule has 14 heteroatoms. The Morgan fingerprint density at radius 3 is 2.24 bits per heavy atom. The van der Waals surface area contributed by atoms with Crippen LogP contribution in [-0.4, -0.2) is 53.0 Å². The lowest BCUT2D eigenvalue weighted by Gasteiger charge is -2.15. The number of nitrogens with two attached hydrogens (primary N) is 1. The minimum atomic E-state index is -4.68. The lowest BCUT2D eigenvalue weighted by Crippen LogP contribution is -2.16. The van der Waals surface area contributed by atoms with Crippen LogP contribution in [0.4, 0.5) is 18.9 Å². The van der Waals surface area contributed by atoms with Crippen molar-refractivity contribution in [1.29, 1.82) is 0 Å². The predicted octanol–water partition coefficient (Wildman–Crippen LogP) is 5.16. The minimum Gasteiger partial charge on any atom is -0.497 e. The van der Waals surface area contributed by atoms with Crippen molar-refractivity contribution in [2.75, 3.05) is 26.6 Å². The summed E-state index contributed by atoms with van der Waals surface area (Å²) in [5, 5.41) is 19.2. The van der Waals surface area contributed by atoms with Crippen LogP contribution in [0.5, 0.6) is 17.4 Å². The number of amidine groups is 2. The van der Waals surface area contributed by atoms with Gasteiger partial charge in [-0.3, -0.25) is 0 Å². The van der Waals surface area contributed by atoms with E-state index in [1.165, 1.54) is 40.5 Å². The monoisotopic (exact) mass is 573 g/mol. The number of halogens is 3. The van der Waals surface area contributed by atoms with Gasteiger partial charge >= 0.3 is 6.18 Å². The van der Waals surface area contributed by atoms with Gasteiger partial charge < -0.3 is 30.5 Å². The summed E-state index contributed by atoms with van der Waals surface area (Å²) < 4.78 is 57.8. The van der Waals surface area contributed by atoms with E-state index in [4.69, 9.17) is 19.9 Å². The highest BCUT2D eigenvalue weighted by Gasteiger charge is 2.35. The molecule has 0 unspecified atom stereocenters. The van der Waals surface area contributed by atoms with Crippen molar-refractivity contribution in [3.63, 3.8) is 0 Å². The number of aliphatic imine (C=N–C) groups is 1. The Kier molecular flexibility index (Phi) is 9.60. The number of hydrogen-bond acceptors (Lipinski definition) is 8. The van der Waals surface area contributed by atoms with Crippen LogP contribution in [0.25, 0.3) is 11.4 Å². The van der Waals surface area contributed by atoms with E-state index >= 15 is 0 Å².